The van der Waals surface area contributed by atoms with E-state index in [1.54, 1.807) is 43.5 Å². The molecule has 92 heavy (non-hydrogen) atoms. The number of carbonyl (C=O) groups is 2. The Hall–Kier alpha value is -13.9. The molecule has 45 nitrogen and oxygen atoms in total. The van der Waals surface area contributed by atoms with Crippen LogP contribution < -0.4 is 89.4 Å². The largest absolute Gasteiger partial charge is 0.383 e. The molecule has 0 fully saturated rings. The Morgan fingerprint density at radius 1 is 0.554 bits per heavy atom. The number of imidazole rings is 5. The van der Waals surface area contributed by atoms with E-state index in [4.69, 9.17) is 17.2 Å². The standard InChI is InChI=1S/C8H10N4O2.C7H8N4O2.C6H5N3O3.C6H5N3O2.2C5H5N5O.C5H5N5.C5H6N4O/c1-10-4-9-6-5(10)7(13)12(3)8(14)11(6)2;1-10-3-8-5-4(10)6(12)9-7(13)11(5)2;10-3-1-2-4(7-3)8-6(12)9-5(2)11;10-5-3-1-2-7-4(3)8-6(11)9-5;6-5-9-3-2(4(11)10-5)7-1-8-3;6-3-2-4(8-1-7-2)10-5(11)9-3;6-4-3-5(9-1-7-3)10-2-8-4;10-5-3-4(7-1-6-3)8-2-9-5/h4H,1-3H3;3H,1-2H3,(H,9,12,13);1H2,(H3,7,8,9,10,11,12);2H,1H2,(H2,8,9,10,11);2*1H,(H4,6,7,8,9,10,11);1-2H,(H3,6,7,8,9,10);1-4H,(H,6,7)(H,8,9,10). The highest BCUT2D eigenvalue weighted by molar-refractivity contribution is 5.97. The second-order valence-corrected chi connectivity index (χ2v) is 18.9. The molecule has 45 heteroatoms. The molecule has 0 spiro atoms. The fourth-order valence-electron chi connectivity index (χ4n) is 8.38. The number of nitrogens with zero attached hydrogens (tertiary/aromatic N) is 17. The number of aryl methyl sites for hydroxylation is 4. The SMILES string of the molecule is Cn1c(=O)c2c(ncn2C)n(C)c1=O.Cn1cnc2c1c(=O)[nH]c(=O)n2C.Nc1[nH]c(=O)nc2nc[nH]c12.Nc1nc2nc[nH]c2c(=O)[nH]1.Nc1ncnc2nc[nH]c12.O=C1Cc2c([nH]c(=O)[nH]c2=O)N1.O=C1NC=NC2N=CNC12.O=c1[nH]c2c(c(=O)[nH]1)CC=N2. The van der Waals surface area contributed by atoms with Crippen molar-refractivity contribution in [2.24, 2.45) is 50.2 Å². The van der Waals surface area contributed by atoms with Crippen LogP contribution in [0.3, 0.4) is 0 Å². The van der Waals surface area contributed by atoms with Crippen molar-refractivity contribution in [3.05, 3.63) is 153 Å². The van der Waals surface area contributed by atoms with E-state index in [0.717, 1.165) is 4.57 Å². The van der Waals surface area contributed by atoms with Crippen molar-refractivity contribution in [3.8, 4) is 0 Å². The lowest BCUT2D eigenvalue weighted by molar-refractivity contribution is -0.121. The molecule has 0 saturated heterocycles. The molecule has 2 amide bonds. The van der Waals surface area contributed by atoms with E-state index >= 15 is 0 Å². The molecular formula is C47H49N33O12. The maximum absolute atomic E-state index is 11.7. The van der Waals surface area contributed by atoms with Gasteiger partial charge in [0.05, 0.1) is 61.9 Å². The maximum Gasteiger partial charge on any atom is 0.348 e. The normalized spacial score (nSPS) is 14.1. The third-order valence-electron chi connectivity index (χ3n) is 12.9. The number of amides is 2. The van der Waals surface area contributed by atoms with E-state index < -0.39 is 33.9 Å². The molecule has 0 bridgehead atoms. The minimum atomic E-state index is -0.610. The lowest BCUT2D eigenvalue weighted by Gasteiger charge is -2.16. The Kier molecular flexibility index (Phi) is 17.9. The molecule has 0 saturated carbocycles. The van der Waals surface area contributed by atoms with Crippen molar-refractivity contribution in [2.75, 3.05) is 22.5 Å². The van der Waals surface area contributed by atoms with Crippen molar-refractivity contribution in [3.63, 3.8) is 0 Å². The van der Waals surface area contributed by atoms with Gasteiger partial charge >= 0.3 is 28.4 Å². The van der Waals surface area contributed by atoms with Gasteiger partial charge in [0.15, 0.2) is 56.8 Å². The molecule has 12 aromatic heterocycles. The number of aliphatic imine (C=N–C) groups is 3. The summed E-state index contributed by atoms with van der Waals surface area (Å²) in [6.45, 7) is 0. The summed E-state index contributed by atoms with van der Waals surface area (Å²) >= 11 is 0. The Bertz CT molecular complexity index is 5550. The molecule has 2 atom stereocenters. The van der Waals surface area contributed by atoms with Crippen LogP contribution in [0.25, 0.3) is 55.8 Å². The predicted molar refractivity (Wildman–Crippen MR) is 327 cm³/mol. The molecule has 16 rings (SSSR count). The van der Waals surface area contributed by atoms with Gasteiger partial charge in [-0.3, -0.25) is 82.2 Å². The highest BCUT2D eigenvalue weighted by Crippen LogP contribution is 2.15. The summed E-state index contributed by atoms with van der Waals surface area (Å²) < 4.78 is 6.92. The van der Waals surface area contributed by atoms with E-state index in [0.29, 0.717) is 85.0 Å². The minimum absolute atomic E-state index is 0.0292. The van der Waals surface area contributed by atoms with Gasteiger partial charge in [0.2, 0.25) is 11.9 Å². The second kappa shape index (κ2) is 26.4. The fourth-order valence-corrected chi connectivity index (χ4v) is 8.38. The summed E-state index contributed by atoms with van der Waals surface area (Å²) in [6, 6.07) is -0.287. The number of hydrogen-bond acceptors (Lipinski definition) is 28. The molecule has 0 aliphatic carbocycles. The number of nitrogens with one attached hydrogen (secondary N) is 13. The first kappa shape index (κ1) is 62.6. The van der Waals surface area contributed by atoms with Crippen LogP contribution in [0.15, 0.2) is 101 Å². The highest BCUT2D eigenvalue weighted by Gasteiger charge is 2.32. The highest BCUT2D eigenvalue weighted by atomic mass is 16.2. The van der Waals surface area contributed by atoms with Crippen LogP contribution in [0.2, 0.25) is 0 Å². The molecule has 4 aliphatic rings. The topological polar surface area (TPSA) is 655 Å². The van der Waals surface area contributed by atoms with Gasteiger partial charge in [-0.2, -0.15) is 9.97 Å². The summed E-state index contributed by atoms with van der Waals surface area (Å²) in [7, 11) is 8.04. The molecule has 0 aromatic carbocycles. The van der Waals surface area contributed by atoms with Crippen LogP contribution in [0, 0.1) is 0 Å². The summed E-state index contributed by atoms with van der Waals surface area (Å²) in [5, 5.41) is 7.64. The molecule has 474 valence electrons. The van der Waals surface area contributed by atoms with Gasteiger partial charge in [-0.25, -0.2) is 73.8 Å². The summed E-state index contributed by atoms with van der Waals surface area (Å²) in [4.78, 5) is 202. The van der Waals surface area contributed by atoms with Gasteiger partial charge in [0.1, 0.15) is 40.9 Å². The monoisotopic (exact) mass is 1270 g/mol. The average Bonchev–Trinajstić information content (AvgIpc) is 1.56. The van der Waals surface area contributed by atoms with Crippen molar-refractivity contribution < 1.29 is 9.59 Å². The number of H-pyrrole nitrogens is 10. The smallest absolute Gasteiger partial charge is 0.348 e. The summed E-state index contributed by atoms with van der Waals surface area (Å²) in [5.41, 5.74) is 17.3. The van der Waals surface area contributed by atoms with E-state index in [9.17, 15) is 57.5 Å². The number of fused-ring (bicyclic) bond motifs is 8. The van der Waals surface area contributed by atoms with Crippen LogP contribution in [-0.2, 0) is 57.7 Å². The van der Waals surface area contributed by atoms with Gasteiger partial charge in [0.25, 0.3) is 33.7 Å². The first-order chi connectivity index (χ1) is 43.9. The third kappa shape index (κ3) is 13.5. The zero-order chi connectivity index (χ0) is 66.2. The van der Waals surface area contributed by atoms with E-state index in [2.05, 4.69) is 121 Å². The minimum Gasteiger partial charge on any atom is -0.383 e. The quantitative estimate of drug-likeness (QED) is 0.0671. The first-order valence-corrected chi connectivity index (χ1v) is 26.0. The van der Waals surface area contributed by atoms with Crippen molar-refractivity contribution in [1.82, 2.24) is 128 Å². The van der Waals surface area contributed by atoms with Crippen LogP contribution >= 0.6 is 0 Å². The summed E-state index contributed by atoms with van der Waals surface area (Å²) in [5.74, 6) is 1.02. The number of rotatable bonds is 0. The van der Waals surface area contributed by atoms with Gasteiger partial charge in [-0.15, -0.1) is 0 Å². The van der Waals surface area contributed by atoms with Gasteiger partial charge in [-0.1, -0.05) is 0 Å². The van der Waals surface area contributed by atoms with Crippen molar-refractivity contribution in [1.29, 1.82) is 0 Å². The van der Waals surface area contributed by atoms with Crippen LogP contribution in [0.4, 0.5) is 29.2 Å². The molecule has 12 aromatic rings. The molecule has 19 N–H and O–H groups in total. The predicted octanol–water partition coefficient (Wildman–Crippen LogP) is -7.33. The third-order valence-corrected chi connectivity index (χ3v) is 12.9. The van der Waals surface area contributed by atoms with Crippen molar-refractivity contribution >= 4 is 116 Å². The molecule has 2 unspecified atom stereocenters. The number of aromatic nitrogens is 24. The van der Waals surface area contributed by atoms with Crippen molar-refractivity contribution in [2.45, 2.75) is 25.0 Å². The molecule has 0 radical (unpaired) electrons. The number of aromatic amines is 10. The Labute approximate surface area is 503 Å². The van der Waals surface area contributed by atoms with Gasteiger partial charge in [-0.05, 0) is 0 Å². The van der Waals surface area contributed by atoms with E-state index in [1.807, 2.05) is 4.98 Å². The number of anilines is 4. The Balaban J connectivity index is 0.000000124. The summed E-state index contributed by atoms with van der Waals surface area (Å²) in [6.07, 6.45) is 13.5. The number of carbonyl (C=O) groups excluding carboxylic acids is 2. The number of nitrogens with two attached hydrogens (primary N) is 3. The zero-order valence-electron chi connectivity index (χ0n) is 48.0. The molecule has 16 heterocycles. The molecule has 4 aliphatic heterocycles. The second-order valence-electron chi connectivity index (χ2n) is 18.9. The Morgan fingerprint density at radius 3 is 1.87 bits per heavy atom. The van der Waals surface area contributed by atoms with E-state index in [-0.39, 0.29) is 70.4 Å². The van der Waals surface area contributed by atoms with Gasteiger partial charge in [0, 0.05) is 47.9 Å². The zero-order valence-corrected chi connectivity index (χ0v) is 48.0. The Morgan fingerprint density at radius 2 is 1.17 bits per heavy atom. The van der Waals surface area contributed by atoms with Gasteiger partial charge < -0.3 is 57.2 Å². The number of nitrogen functional groups attached to an aromatic ring is 3. The fraction of sp³-hybridized carbons (Fsp3) is 0.191. The number of hydrogen-bond donors (Lipinski definition) is 16. The van der Waals surface area contributed by atoms with Crippen LogP contribution in [0.5, 0.6) is 0 Å². The molecular weight excluding hydrogens is 1220 g/mol. The van der Waals surface area contributed by atoms with Crippen LogP contribution in [-0.4, -0.2) is 160 Å². The maximum atomic E-state index is 11.7. The lowest BCUT2D eigenvalue weighted by Crippen LogP contribution is -2.48. The average molecular weight is 1270 g/mol. The lowest BCUT2D eigenvalue weighted by atomic mass is 10.2. The first-order valence-electron chi connectivity index (χ1n) is 26.0. The van der Waals surface area contributed by atoms with E-state index in [1.165, 1.54) is 66.8 Å². The van der Waals surface area contributed by atoms with Crippen LogP contribution in [0.1, 0.15) is 11.1 Å².